The van der Waals surface area contributed by atoms with Gasteiger partial charge < -0.3 is 15.4 Å². The Morgan fingerprint density at radius 3 is 2.47 bits per heavy atom. The van der Waals surface area contributed by atoms with Gasteiger partial charge in [0.2, 0.25) is 11.9 Å². The molecule has 6 heteroatoms. The van der Waals surface area contributed by atoms with Crippen LogP contribution < -0.4 is 15.4 Å². The number of aromatic nitrogens is 3. The molecule has 1 atom stereocenters. The van der Waals surface area contributed by atoms with Crippen LogP contribution in [-0.2, 0) is 0 Å². The Morgan fingerprint density at radius 2 is 1.94 bits per heavy atom. The van der Waals surface area contributed by atoms with E-state index in [1.165, 1.54) is 0 Å². The molecule has 1 heterocycles. The van der Waals surface area contributed by atoms with E-state index in [1.807, 2.05) is 6.92 Å². The first kappa shape index (κ1) is 11.9. The smallest absolute Gasteiger partial charge is 0.323 e. The van der Waals surface area contributed by atoms with Crippen molar-refractivity contribution in [3.05, 3.63) is 0 Å². The van der Waals surface area contributed by atoms with Crippen LogP contribution in [-0.4, -0.2) is 34.6 Å². The van der Waals surface area contributed by atoms with Crippen molar-refractivity contribution in [1.29, 1.82) is 0 Å². The van der Waals surface area contributed by atoms with Crippen molar-refractivity contribution in [2.45, 2.75) is 33.2 Å². The molecule has 0 aliphatic heterocycles. The maximum Gasteiger partial charge on any atom is 0.323 e. The molecule has 1 saturated carbocycles. The number of nitrogens with zero attached hydrogens (tertiary/aromatic N) is 3. The van der Waals surface area contributed by atoms with Crippen LogP contribution in [0.2, 0.25) is 0 Å². The molecule has 1 aromatic heterocycles. The second-order valence-electron chi connectivity index (χ2n) is 4.84. The second-order valence-corrected chi connectivity index (χ2v) is 4.84. The van der Waals surface area contributed by atoms with Gasteiger partial charge in [0, 0.05) is 13.1 Å². The highest BCUT2D eigenvalue weighted by Gasteiger charge is 2.46. The third-order valence-electron chi connectivity index (χ3n) is 2.93. The van der Waals surface area contributed by atoms with Gasteiger partial charge in [0.05, 0.1) is 6.61 Å². The van der Waals surface area contributed by atoms with Gasteiger partial charge in [0.25, 0.3) is 0 Å². The monoisotopic (exact) mass is 237 g/mol. The summed E-state index contributed by atoms with van der Waals surface area (Å²) in [5.74, 6) is 1.09. The highest BCUT2D eigenvalue weighted by atomic mass is 16.5. The van der Waals surface area contributed by atoms with Gasteiger partial charge in [-0.3, -0.25) is 0 Å². The molecule has 0 bridgehead atoms. The topological polar surface area (TPSA) is 72.0 Å². The minimum absolute atomic E-state index is 0.332. The lowest BCUT2D eigenvalue weighted by Gasteiger charge is -2.09. The zero-order valence-electron chi connectivity index (χ0n) is 10.7. The number of hydrogen-bond acceptors (Lipinski definition) is 6. The standard InChI is InChI=1S/C11H19N5O/c1-5-17-10-15-8(12-4)14-9(16-10)13-7-6-11(7,2)3/h7H,5-6H2,1-4H3,(H2,12,13,14,15,16). The molecular formula is C11H19N5O. The van der Waals surface area contributed by atoms with Crippen LogP contribution in [0.25, 0.3) is 0 Å². The fourth-order valence-electron chi connectivity index (χ4n) is 1.60. The van der Waals surface area contributed by atoms with E-state index in [-0.39, 0.29) is 0 Å². The van der Waals surface area contributed by atoms with E-state index in [1.54, 1.807) is 7.05 Å². The lowest BCUT2D eigenvalue weighted by atomic mass is 10.2. The quantitative estimate of drug-likeness (QED) is 0.809. The van der Waals surface area contributed by atoms with Crippen molar-refractivity contribution in [3.63, 3.8) is 0 Å². The average Bonchev–Trinajstić information content (AvgIpc) is 2.86. The summed E-state index contributed by atoms with van der Waals surface area (Å²) in [4.78, 5) is 12.6. The molecule has 1 aliphatic carbocycles. The summed E-state index contributed by atoms with van der Waals surface area (Å²) < 4.78 is 5.30. The van der Waals surface area contributed by atoms with E-state index in [0.29, 0.717) is 36.0 Å². The van der Waals surface area contributed by atoms with Crippen molar-refractivity contribution < 1.29 is 4.74 Å². The molecule has 2 rings (SSSR count). The first-order valence-corrected chi connectivity index (χ1v) is 5.88. The van der Waals surface area contributed by atoms with Gasteiger partial charge in [-0.15, -0.1) is 0 Å². The molecule has 6 nitrogen and oxygen atoms in total. The van der Waals surface area contributed by atoms with E-state index in [2.05, 4.69) is 39.4 Å². The van der Waals surface area contributed by atoms with Gasteiger partial charge in [-0.1, -0.05) is 13.8 Å². The molecule has 0 radical (unpaired) electrons. The Bertz CT molecular complexity index is 407. The SMILES string of the molecule is CCOc1nc(NC)nc(NC2CC2(C)C)n1. The van der Waals surface area contributed by atoms with E-state index in [4.69, 9.17) is 4.74 Å². The van der Waals surface area contributed by atoms with Crippen LogP contribution in [0.4, 0.5) is 11.9 Å². The molecule has 17 heavy (non-hydrogen) atoms. The maximum atomic E-state index is 5.30. The molecule has 1 unspecified atom stereocenters. The van der Waals surface area contributed by atoms with Crippen molar-refractivity contribution in [3.8, 4) is 6.01 Å². The highest BCUT2D eigenvalue weighted by molar-refractivity contribution is 5.38. The number of nitrogens with one attached hydrogen (secondary N) is 2. The fraction of sp³-hybridized carbons (Fsp3) is 0.727. The largest absolute Gasteiger partial charge is 0.464 e. The predicted molar refractivity (Wildman–Crippen MR) is 66.4 cm³/mol. The van der Waals surface area contributed by atoms with Crippen molar-refractivity contribution in [1.82, 2.24) is 15.0 Å². The summed E-state index contributed by atoms with van der Waals surface area (Å²) in [7, 11) is 1.77. The number of anilines is 2. The normalized spacial score (nSPS) is 20.8. The Kier molecular flexibility index (Phi) is 3.04. The Hall–Kier alpha value is -1.59. The van der Waals surface area contributed by atoms with Gasteiger partial charge >= 0.3 is 6.01 Å². The molecule has 0 saturated heterocycles. The molecule has 1 aromatic rings. The third kappa shape index (κ3) is 2.75. The molecule has 1 aliphatic rings. The van der Waals surface area contributed by atoms with Crippen molar-refractivity contribution >= 4 is 11.9 Å². The first-order chi connectivity index (χ1) is 8.05. The van der Waals surface area contributed by atoms with Crippen LogP contribution in [0.15, 0.2) is 0 Å². The summed E-state index contributed by atoms with van der Waals surface area (Å²) in [5, 5.41) is 6.20. The average molecular weight is 237 g/mol. The zero-order valence-corrected chi connectivity index (χ0v) is 10.7. The number of hydrogen-bond donors (Lipinski definition) is 2. The molecular weight excluding hydrogens is 218 g/mol. The summed E-state index contributed by atoms with van der Waals surface area (Å²) in [6.45, 7) is 6.88. The van der Waals surface area contributed by atoms with E-state index in [9.17, 15) is 0 Å². The summed E-state index contributed by atoms with van der Waals surface area (Å²) in [6, 6.07) is 0.789. The zero-order chi connectivity index (χ0) is 12.5. The lowest BCUT2D eigenvalue weighted by molar-refractivity contribution is 0.312. The first-order valence-electron chi connectivity index (χ1n) is 5.88. The molecule has 1 fully saturated rings. The second kappa shape index (κ2) is 4.35. The fourth-order valence-corrected chi connectivity index (χ4v) is 1.60. The van der Waals surface area contributed by atoms with Crippen LogP contribution in [0.5, 0.6) is 6.01 Å². The molecule has 2 N–H and O–H groups in total. The summed E-state index contributed by atoms with van der Waals surface area (Å²) in [5.41, 5.74) is 0.332. The van der Waals surface area contributed by atoms with Crippen molar-refractivity contribution in [2.75, 3.05) is 24.3 Å². The van der Waals surface area contributed by atoms with Crippen LogP contribution in [0, 0.1) is 5.41 Å². The van der Waals surface area contributed by atoms with Gasteiger partial charge in [-0.2, -0.15) is 15.0 Å². The minimum Gasteiger partial charge on any atom is -0.464 e. The van der Waals surface area contributed by atoms with Crippen molar-refractivity contribution in [2.24, 2.45) is 5.41 Å². The van der Waals surface area contributed by atoms with Gasteiger partial charge in [0.1, 0.15) is 0 Å². The maximum absolute atomic E-state index is 5.30. The Balaban J connectivity index is 2.12. The molecule has 0 aromatic carbocycles. The lowest BCUT2D eigenvalue weighted by Crippen LogP contribution is -2.13. The van der Waals surface area contributed by atoms with Crippen LogP contribution in [0.3, 0.4) is 0 Å². The molecule has 94 valence electrons. The predicted octanol–water partition coefficient (Wildman–Crippen LogP) is 1.52. The third-order valence-corrected chi connectivity index (χ3v) is 2.93. The Morgan fingerprint density at radius 1 is 1.29 bits per heavy atom. The highest BCUT2D eigenvalue weighted by Crippen LogP contribution is 2.46. The Labute approximate surface area is 101 Å². The molecule has 0 spiro atoms. The molecule has 0 amide bonds. The van der Waals surface area contributed by atoms with E-state index in [0.717, 1.165) is 6.42 Å². The van der Waals surface area contributed by atoms with E-state index < -0.39 is 0 Å². The van der Waals surface area contributed by atoms with Crippen LogP contribution >= 0.6 is 0 Å². The van der Waals surface area contributed by atoms with Crippen LogP contribution in [0.1, 0.15) is 27.2 Å². The minimum atomic E-state index is 0.332. The summed E-state index contributed by atoms with van der Waals surface area (Å²) in [6.07, 6.45) is 1.14. The van der Waals surface area contributed by atoms with Gasteiger partial charge in [-0.25, -0.2) is 0 Å². The summed E-state index contributed by atoms with van der Waals surface area (Å²) >= 11 is 0. The van der Waals surface area contributed by atoms with E-state index >= 15 is 0 Å². The van der Waals surface area contributed by atoms with Gasteiger partial charge in [0.15, 0.2) is 0 Å². The number of rotatable bonds is 5. The number of ether oxygens (including phenoxy) is 1. The van der Waals surface area contributed by atoms with Gasteiger partial charge in [-0.05, 0) is 18.8 Å².